The summed E-state index contributed by atoms with van der Waals surface area (Å²) in [5.74, 6) is 2.96. The third-order valence-electron chi connectivity index (χ3n) is 3.32. The quantitative estimate of drug-likeness (QED) is 0.869. The Morgan fingerprint density at radius 1 is 1.44 bits per heavy atom. The molecule has 0 aliphatic carbocycles. The summed E-state index contributed by atoms with van der Waals surface area (Å²) in [6.45, 7) is 3.12. The highest BCUT2D eigenvalue weighted by atomic mass is 32.2. The van der Waals surface area contributed by atoms with Crippen molar-refractivity contribution < 1.29 is 4.74 Å². The van der Waals surface area contributed by atoms with E-state index in [1.807, 2.05) is 11.8 Å². The number of rotatable bonds is 3. The van der Waals surface area contributed by atoms with Crippen molar-refractivity contribution >= 4 is 11.8 Å². The van der Waals surface area contributed by atoms with E-state index >= 15 is 0 Å². The largest absolute Gasteiger partial charge is 0.493 e. The van der Waals surface area contributed by atoms with Gasteiger partial charge in [-0.15, -0.1) is 11.8 Å². The highest BCUT2D eigenvalue weighted by molar-refractivity contribution is 7.99. The smallest absolute Gasteiger partial charge is 0.120 e. The Bertz CT molecular complexity index is 374. The molecule has 1 saturated heterocycles. The van der Waals surface area contributed by atoms with Crippen LogP contribution in [0, 0.1) is 5.92 Å². The van der Waals surface area contributed by atoms with Gasteiger partial charge in [0.2, 0.25) is 0 Å². The van der Waals surface area contributed by atoms with E-state index in [2.05, 4.69) is 23.5 Å². The lowest BCUT2D eigenvalue weighted by Crippen LogP contribution is -2.15. The molecule has 2 nitrogen and oxygen atoms in total. The first-order valence-corrected chi connectivity index (χ1v) is 6.99. The highest BCUT2D eigenvalue weighted by Gasteiger charge is 2.16. The van der Waals surface area contributed by atoms with Crippen LogP contribution in [0.2, 0.25) is 0 Å². The first-order chi connectivity index (χ1) is 7.92. The standard InChI is InChI=1S/C13H17NOS/c1-2-12(7-13-11(1)4-6-16-13)15-9-10-3-5-14-8-10/h1-2,7,10,14H,3-6,8-9H2. The number of hydrogen-bond donors (Lipinski definition) is 1. The normalized spacial score (nSPS) is 23.4. The SMILES string of the molecule is c1cc2c(cc1OCC1CCNC1)SCC2. The average molecular weight is 235 g/mol. The molecule has 1 N–H and O–H groups in total. The fourth-order valence-corrected chi connectivity index (χ4v) is 3.40. The minimum atomic E-state index is 0.695. The number of fused-ring (bicyclic) bond motifs is 1. The Morgan fingerprint density at radius 2 is 2.44 bits per heavy atom. The fourth-order valence-electron chi connectivity index (χ4n) is 2.31. The average Bonchev–Trinajstić information content (AvgIpc) is 2.97. The third-order valence-corrected chi connectivity index (χ3v) is 4.41. The second-order valence-electron chi connectivity index (χ2n) is 4.54. The number of ether oxygens (including phenoxy) is 1. The van der Waals surface area contributed by atoms with Crippen molar-refractivity contribution in [3.8, 4) is 5.75 Å². The van der Waals surface area contributed by atoms with Crippen LogP contribution in [-0.4, -0.2) is 25.4 Å². The maximum Gasteiger partial charge on any atom is 0.120 e. The van der Waals surface area contributed by atoms with Crippen LogP contribution in [0.4, 0.5) is 0 Å². The number of thioether (sulfide) groups is 1. The molecule has 1 fully saturated rings. The van der Waals surface area contributed by atoms with Crippen LogP contribution in [0.1, 0.15) is 12.0 Å². The molecule has 1 aromatic rings. The molecule has 0 radical (unpaired) electrons. The molecule has 1 atom stereocenters. The molecule has 1 unspecified atom stereocenters. The maximum atomic E-state index is 5.86. The number of hydrogen-bond acceptors (Lipinski definition) is 3. The summed E-state index contributed by atoms with van der Waals surface area (Å²) in [6.07, 6.45) is 2.46. The van der Waals surface area contributed by atoms with Gasteiger partial charge in [0.05, 0.1) is 6.61 Å². The van der Waals surface area contributed by atoms with Crippen LogP contribution in [0.15, 0.2) is 23.1 Å². The fraction of sp³-hybridized carbons (Fsp3) is 0.538. The molecule has 3 rings (SSSR count). The molecule has 2 aliphatic rings. The van der Waals surface area contributed by atoms with Crippen LogP contribution < -0.4 is 10.1 Å². The van der Waals surface area contributed by atoms with Gasteiger partial charge in [0.15, 0.2) is 0 Å². The van der Waals surface area contributed by atoms with Crippen LogP contribution in [0.3, 0.4) is 0 Å². The van der Waals surface area contributed by atoms with E-state index in [-0.39, 0.29) is 0 Å². The van der Waals surface area contributed by atoms with Gasteiger partial charge in [-0.1, -0.05) is 6.07 Å². The number of aryl methyl sites for hydroxylation is 1. The molecule has 2 heterocycles. The molecule has 0 aromatic heterocycles. The lowest BCUT2D eigenvalue weighted by Gasteiger charge is -2.11. The molecule has 0 spiro atoms. The maximum absolute atomic E-state index is 5.86. The lowest BCUT2D eigenvalue weighted by molar-refractivity contribution is 0.259. The van der Waals surface area contributed by atoms with Crippen molar-refractivity contribution in [3.05, 3.63) is 23.8 Å². The minimum absolute atomic E-state index is 0.695. The predicted octanol–water partition coefficient (Wildman–Crippen LogP) is 2.32. The third kappa shape index (κ3) is 2.20. The van der Waals surface area contributed by atoms with Crippen molar-refractivity contribution in [1.29, 1.82) is 0 Å². The number of nitrogens with one attached hydrogen (secondary N) is 1. The van der Waals surface area contributed by atoms with Crippen molar-refractivity contribution in [3.63, 3.8) is 0 Å². The van der Waals surface area contributed by atoms with Gasteiger partial charge >= 0.3 is 0 Å². The van der Waals surface area contributed by atoms with E-state index in [1.54, 1.807) is 0 Å². The monoisotopic (exact) mass is 235 g/mol. The van der Waals surface area contributed by atoms with Gasteiger partial charge in [-0.2, -0.15) is 0 Å². The van der Waals surface area contributed by atoms with Gasteiger partial charge in [-0.3, -0.25) is 0 Å². The molecule has 3 heteroatoms. The summed E-state index contributed by atoms with van der Waals surface area (Å²) in [4.78, 5) is 1.42. The second-order valence-corrected chi connectivity index (χ2v) is 5.67. The molecule has 0 saturated carbocycles. The Kier molecular flexibility index (Phi) is 3.06. The molecule has 0 bridgehead atoms. The zero-order valence-electron chi connectivity index (χ0n) is 9.37. The Balaban J connectivity index is 1.61. The summed E-state index contributed by atoms with van der Waals surface area (Å²) in [5, 5.41) is 3.37. The number of benzene rings is 1. The van der Waals surface area contributed by atoms with Gasteiger partial charge in [-0.25, -0.2) is 0 Å². The van der Waals surface area contributed by atoms with Crippen LogP contribution in [0.25, 0.3) is 0 Å². The predicted molar refractivity (Wildman–Crippen MR) is 67.3 cm³/mol. The van der Waals surface area contributed by atoms with Crippen molar-refractivity contribution in [1.82, 2.24) is 5.32 Å². The first-order valence-electron chi connectivity index (χ1n) is 6.01. The second kappa shape index (κ2) is 4.68. The van der Waals surface area contributed by atoms with Crippen molar-refractivity contribution in [2.45, 2.75) is 17.7 Å². The van der Waals surface area contributed by atoms with E-state index in [1.165, 1.54) is 29.1 Å². The molecular weight excluding hydrogens is 218 g/mol. The molecule has 1 aromatic carbocycles. The zero-order valence-corrected chi connectivity index (χ0v) is 10.2. The van der Waals surface area contributed by atoms with E-state index in [0.29, 0.717) is 5.92 Å². The zero-order chi connectivity index (χ0) is 10.8. The van der Waals surface area contributed by atoms with Gasteiger partial charge < -0.3 is 10.1 Å². The van der Waals surface area contributed by atoms with Crippen molar-refractivity contribution in [2.24, 2.45) is 5.92 Å². The molecule has 2 aliphatic heterocycles. The van der Waals surface area contributed by atoms with E-state index < -0.39 is 0 Å². The van der Waals surface area contributed by atoms with Crippen LogP contribution in [-0.2, 0) is 6.42 Å². The highest BCUT2D eigenvalue weighted by Crippen LogP contribution is 2.34. The first kappa shape index (κ1) is 10.5. The van der Waals surface area contributed by atoms with E-state index in [0.717, 1.165) is 25.4 Å². The molecule has 0 amide bonds. The minimum Gasteiger partial charge on any atom is -0.493 e. The van der Waals surface area contributed by atoms with Gasteiger partial charge in [0.25, 0.3) is 0 Å². The summed E-state index contributed by atoms with van der Waals surface area (Å²) in [5.41, 5.74) is 1.49. The van der Waals surface area contributed by atoms with E-state index in [4.69, 9.17) is 4.74 Å². The summed E-state index contributed by atoms with van der Waals surface area (Å²) >= 11 is 1.95. The van der Waals surface area contributed by atoms with Gasteiger partial charge in [-0.05, 0) is 37.1 Å². The molecular formula is C13H17NOS. The Hall–Kier alpha value is -0.670. The van der Waals surface area contributed by atoms with Crippen LogP contribution in [0.5, 0.6) is 5.75 Å². The van der Waals surface area contributed by atoms with Crippen molar-refractivity contribution in [2.75, 3.05) is 25.4 Å². The molecule has 86 valence electrons. The van der Waals surface area contributed by atoms with E-state index in [9.17, 15) is 0 Å². The van der Waals surface area contributed by atoms with Gasteiger partial charge in [0.1, 0.15) is 5.75 Å². The topological polar surface area (TPSA) is 21.3 Å². The van der Waals surface area contributed by atoms with Gasteiger partial charge in [0, 0.05) is 23.1 Å². The summed E-state index contributed by atoms with van der Waals surface area (Å²) < 4.78 is 5.86. The lowest BCUT2D eigenvalue weighted by atomic mass is 10.1. The molecule has 16 heavy (non-hydrogen) atoms. The van der Waals surface area contributed by atoms with Crippen LogP contribution >= 0.6 is 11.8 Å². The summed E-state index contributed by atoms with van der Waals surface area (Å²) in [7, 11) is 0. The Labute approximate surface area is 101 Å². The Morgan fingerprint density at radius 3 is 3.31 bits per heavy atom. The summed E-state index contributed by atoms with van der Waals surface area (Å²) in [6, 6.07) is 6.54.